The molecule has 0 aliphatic carbocycles. The van der Waals surface area contributed by atoms with Crippen molar-refractivity contribution >= 4 is 5.91 Å². The van der Waals surface area contributed by atoms with E-state index >= 15 is 0 Å². The van der Waals surface area contributed by atoms with Gasteiger partial charge in [0.15, 0.2) is 0 Å². The van der Waals surface area contributed by atoms with Crippen LogP contribution in [-0.2, 0) is 4.74 Å². The van der Waals surface area contributed by atoms with Crippen molar-refractivity contribution in [3.63, 3.8) is 0 Å². The number of nitrogens with zero attached hydrogens (tertiary/aromatic N) is 5. The second-order valence-electron chi connectivity index (χ2n) is 7.48. The molecule has 2 unspecified atom stereocenters. The molecule has 0 spiro atoms. The molecule has 2 aromatic rings. The van der Waals surface area contributed by atoms with Crippen LogP contribution >= 0.6 is 0 Å². The first-order valence-corrected chi connectivity index (χ1v) is 9.74. The molecule has 8 heteroatoms. The van der Waals surface area contributed by atoms with Crippen LogP contribution in [0.5, 0.6) is 0 Å². The third-order valence-electron chi connectivity index (χ3n) is 5.70. The van der Waals surface area contributed by atoms with Crippen LogP contribution in [0.15, 0.2) is 22.7 Å². The van der Waals surface area contributed by atoms with Crippen molar-refractivity contribution < 1.29 is 14.1 Å². The van der Waals surface area contributed by atoms with E-state index in [0.717, 1.165) is 39.0 Å². The molecule has 0 N–H and O–H groups in total. The number of ether oxygens (including phenoxy) is 1. The number of carbonyl (C=O) groups is 1. The van der Waals surface area contributed by atoms with Crippen LogP contribution in [0.3, 0.4) is 0 Å². The van der Waals surface area contributed by atoms with Crippen molar-refractivity contribution in [2.45, 2.75) is 37.8 Å². The highest BCUT2D eigenvalue weighted by Crippen LogP contribution is 2.29. The van der Waals surface area contributed by atoms with Gasteiger partial charge in [-0.15, -0.1) is 0 Å². The summed E-state index contributed by atoms with van der Waals surface area (Å²) in [6.45, 7) is 4.21. The summed E-state index contributed by atoms with van der Waals surface area (Å²) >= 11 is 0. The van der Waals surface area contributed by atoms with Gasteiger partial charge in [-0.05, 0) is 44.4 Å². The highest BCUT2D eigenvalue weighted by atomic mass is 16.5. The molecule has 2 atom stereocenters. The first-order valence-electron chi connectivity index (χ1n) is 9.74. The Hall–Kier alpha value is -2.32. The van der Waals surface area contributed by atoms with Crippen LogP contribution in [-0.4, -0.2) is 69.7 Å². The molecule has 8 nitrogen and oxygen atoms in total. The van der Waals surface area contributed by atoms with Gasteiger partial charge in [-0.1, -0.05) is 11.2 Å². The fourth-order valence-electron chi connectivity index (χ4n) is 4.20. The minimum Gasteiger partial charge on any atom is -0.367 e. The number of rotatable bonds is 3. The Balaban J connectivity index is 1.33. The van der Waals surface area contributed by atoms with Gasteiger partial charge in [0.1, 0.15) is 17.5 Å². The fraction of sp³-hybridized carbons (Fsp3) is 0.579. The van der Waals surface area contributed by atoms with Crippen molar-refractivity contribution in [3.8, 4) is 11.6 Å². The molecule has 0 radical (unpaired) electrons. The average molecular weight is 369 g/mol. The lowest BCUT2D eigenvalue weighted by Crippen LogP contribution is -2.42. The third-order valence-corrected chi connectivity index (χ3v) is 5.70. The van der Waals surface area contributed by atoms with Crippen LogP contribution in [0.4, 0.5) is 0 Å². The lowest BCUT2D eigenvalue weighted by atomic mass is 10.2. The van der Waals surface area contributed by atoms with Crippen LogP contribution in [0.2, 0.25) is 0 Å². The molecule has 0 aromatic carbocycles. The Morgan fingerprint density at radius 1 is 1.11 bits per heavy atom. The SMILES string of the molecule is O=C(c1cccc(-c2nc(C3CN4CCCC4CO3)no2)n1)N1CCCC1. The van der Waals surface area contributed by atoms with Gasteiger partial charge in [0.05, 0.1) is 6.61 Å². The van der Waals surface area contributed by atoms with Crippen LogP contribution in [0, 0.1) is 0 Å². The van der Waals surface area contributed by atoms with Gasteiger partial charge >= 0.3 is 0 Å². The maximum Gasteiger partial charge on any atom is 0.276 e. The summed E-state index contributed by atoms with van der Waals surface area (Å²) in [4.78, 5) is 25.8. The Labute approximate surface area is 157 Å². The van der Waals surface area contributed by atoms with Gasteiger partial charge in [0, 0.05) is 25.7 Å². The molecule has 0 bridgehead atoms. The van der Waals surface area contributed by atoms with Gasteiger partial charge in [0.25, 0.3) is 11.8 Å². The monoisotopic (exact) mass is 369 g/mol. The first-order chi connectivity index (χ1) is 13.3. The van der Waals surface area contributed by atoms with Crippen molar-refractivity contribution in [1.82, 2.24) is 24.9 Å². The second kappa shape index (κ2) is 7.01. The molecule has 3 aliphatic heterocycles. The number of carbonyl (C=O) groups excluding carboxylic acids is 1. The van der Waals surface area contributed by atoms with Gasteiger partial charge < -0.3 is 14.2 Å². The minimum absolute atomic E-state index is 0.0372. The lowest BCUT2D eigenvalue weighted by molar-refractivity contribution is -0.0548. The number of hydrogen-bond donors (Lipinski definition) is 0. The molecule has 5 rings (SSSR count). The zero-order valence-electron chi connectivity index (χ0n) is 15.2. The summed E-state index contributed by atoms with van der Waals surface area (Å²) in [7, 11) is 0. The maximum absolute atomic E-state index is 12.6. The number of morpholine rings is 1. The molecule has 142 valence electrons. The normalized spacial score (nSPS) is 25.7. The number of hydrogen-bond acceptors (Lipinski definition) is 7. The van der Waals surface area contributed by atoms with Gasteiger partial charge in [0.2, 0.25) is 5.82 Å². The summed E-state index contributed by atoms with van der Waals surface area (Å²) in [5.74, 6) is 0.839. The zero-order chi connectivity index (χ0) is 18.2. The Bertz CT molecular complexity index is 832. The second-order valence-corrected chi connectivity index (χ2v) is 7.48. The van der Waals surface area contributed by atoms with Crippen molar-refractivity contribution in [3.05, 3.63) is 29.7 Å². The Morgan fingerprint density at radius 3 is 2.89 bits per heavy atom. The predicted molar refractivity (Wildman–Crippen MR) is 96.0 cm³/mol. The number of fused-ring (bicyclic) bond motifs is 1. The van der Waals surface area contributed by atoms with Crippen LogP contribution in [0.1, 0.15) is 48.1 Å². The minimum atomic E-state index is -0.175. The fourth-order valence-corrected chi connectivity index (χ4v) is 4.20. The largest absolute Gasteiger partial charge is 0.367 e. The number of amides is 1. The van der Waals surface area contributed by atoms with E-state index in [9.17, 15) is 4.79 Å². The summed E-state index contributed by atoms with van der Waals surface area (Å²) in [5.41, 5.74) is 0.941. The molecule has 1 amide bonds. The van der Waals surface area contributed by atoms with Crippen LogP contribution < -0.4 is 0 Å². The molecular formula is C19H23N5O3. The smallest absolute Gasteiger partial charge is 0.276 e. The maximum atomic E-state index is 12.6. The number of aromatic nitrogens is 3. The van der Waals surface area contributed by atoms with Gasteiger partial charge in [-0.2, -0.15) is 4.98 Å². The van der Waals surface area contributed by atoms with Crippen molar-refractivity contribution in [2.24, 2.45) is 0 Å². The van der Waals surface area contributed by atoms with E-state index in [-0.39, 0.29) is 12.0 Å². The summed E-state index contributed by atoms with van der Waals surface area (Å²) < 4.78 is 11.4. The first kappa shape index (κ1) is 16.8. The molecule has 3 fully saturated rings. The van der Waals surface area contributed by atoms with E-state index in [1.54, 1.807) is 18.2 Å². The van der Waals surface area contributed by atoms with E-state index in [0.29, 0.717) is 35.8 Å². The zero-order valence-corrected chi connectivity index (χ0v) is 15.2. The number of pyridine rings is 1. The molecule has 3 aliphatic rings. The molecule has 27 heavy (non-hydrogen) atoms. The topological polar surface area (TPSA) is 84.6 Å². The molecule has 3 saturated heterocycles. The third kappa shape index (κ3) is 3.23. The van der Waals surface area contributed by atoms with E-state index in [2.05, 4.69) is 20.0 Å². The Morgan fingerprint density at radius 2 is 2.00 bits per heavy atom. The van der Waals surface area contributed by atoms with Gasteiger partial charge in [-0.3, -0.25) is 9.69 Å². The number of likely N-dealkylation sites (tertiary alicyclic amines) is 1. The van der Waals surface area contributed by atoms with E-state index < -0.39 is 0 Å². The van der Waals surface area contributed by atoms with E-state index in [4.69, 9.17) is 9.26 Å². The Kier molecular flexibility index (Phi) is 4.37. The highest BCUT2D eigenvalue weighted by molar-refractivity contribution is 5.92. The lowest BCUT2D eigenvalue weighted by Gasteiger charge is -2.33. The predicted octanol–water partition coefficient (Wildman–Crippen LogP) is 1.90. The molecule has 0 saturated carbocycles. The molecule has 5 heterocycles. The summed E-state index contributed by atoms with van der Waals surface area (Å²) in [6, 6.07) is 5.86. The standard InChI is InChI=1S/C19H23N5O3/c25-19(23-8-1-2-9-23)15-7-3-6-14(20-15)18-21-17(22-27-18)16-11-24-10-4-5-13(24)12-26-16/h3,6-7,13,16H,1-2,4-5,8-12H2. The van der Waals surface area contributed by atoms with Gasteiger partial charge in [-0.25, -0.2) is 4.98 Å². The van der Waals surface area contributed by atoms with E-state index in [1.807, 2.05) is 4.90 Å². The average Bonchev–Trinajstić information content (AvgIpc) is 3.48. The van der Waals surface area contributed by atoms with Crippen molar-refractivity contribution in [2.75, 3.05) is 32.8 Å². The molecular weight excluding hydrogens is 346 g/mol. The van der Waals surface area contributed by atoms with E-state index in [1.165, 1.54) is 12.8 Å². The molecule has 2 aromatic heterocycles. The summed E-state index contributed by atoms with van der Waals surface area (Å²) in [5, 5.41) is 4.11. The quantitative estimate of drug-likeness (QED) is 0.817. The highest BCUT2D eigenvalue weighted by Gasteiger charge is 2.35. The van der Waals surface area contributed by atoms with Crippen LogP contribution in [0.25, 0.3) is 11.6 Å². The van der Waals surface area contributed by atoms with Crippen molar-refractivity contribution in [1.29, 1.82) is 0 Å². The summed E-state index contributed by atoms with van der Waals surface area (Å²) in [6.07, 6.45) is 4.35.